The Morgan fingerprint density at radius 1 is 1.20 bits per heavy atom. The van der Waals surface area contributed by atoms with E-state index in [1.54, 1.807) is 12.1 Å². The molecule has 0 bridgehead atoms. The first-order valence-electron chi connectivity index (χ1n) is 9.16. The molecule has 1 aliphatic heterocycles. The van der Waals surface area contributed by atoms with Crippen molar-refractivity contribution < 1.29 is 13.2 Å². The van der Waals surface area contributed by atoms with Gasteiger partial charge < -0.3 is 10.6 Å². The summed E-state index contributed by atoms with van der Waals surface area (Å²) in [5.41, 5.74) is 0.388. The molecule has 25 heavy (non-hydrogen) atoms. The molecule has 0 radical (unpaired) electrons. The molecule has 1 atom stereocenters. The van der Waals surface area contributed by atoms with Crippen LogP contribution in [0.1, 0.15) is 48.9 Å². The molecule has 6 nitrogen and oxygen atoms in total. The van der Waals surface area contributed by atoms with Crippen LogP contribution in [0.25, 0.3) is 0 Å². The van der Waals surface area contributed by atoms with Crippen LogP contribution in [-0.2, 0) is 10.0 Å². The van der Waals surface area contributed by atoms with Gasteiger partial charge in [0.05, 0.1) is 4.90 Å². The summed E-state index contributed by atoms with van der Waals surface area (Å²) in [5, 5.41) is 6.21. The highest BCUT2D eigenvalue weighted by Crippen LogP contribution is 2.21. The van der Waals surface area contributed by atoms with Crippen molar-refractivity contribution in [3.63, 3.8) is 0 Å². The van der Waals surface area contributed by atoms with Gasteiger partial charge >= 0.3 is 0 Å². The van der Waals surface area contributed by atoms with E-state index in [9.17, 15) is 13.2 Å². The van der Waals surface area contributed by atoms with E-state index in [0.717, 1.165) is 51.6 Å². The summed E-state index contributed by atoms with van der Waals surface area (Å²) in [5.74, 6) is 0.395. The minimum Gasteiger partial charge on any atom is -0.352 e. The second-order valence-corrected chi connectivity index (χ2v) is 8.75. The molecular formula is C18H27N3O3S. The van der Waals surface area contributed by atoms with E-state index in [-0.39, 0.29) is 16.8 Å². The zero-order valence-corrected chi connectivity index (χ0v) is 15.3. The van der Waals surface area contributed by atoms with E-state index < -0.39 is 10.0 Å². The number of nitrogens with one attached hydrogen (secondary N) is 3. The van der Waals surface area contributed by atoms with Gasteiger partial charge in [0, 0.05) is 18.2 Å². The standard InChI is InChI=1S/C18H27N3O3S/c22-18(20-11-9-14-8-10-19-13-14)15-4-3-7-17(12-15)25(23,24)21-16-5-1-2-6-16/h3-4,7,12,14,16,19,21H,1-2,5-6,8-11,13H2,(H,20,22). The number of sulfonamides is 1. The molecule has 0 spiro atoms. The molecule has 3 N–H and O–H groups in total. The Hall–Kier alpha value is -1.44. The summed E-state index contributed by atoms with van der Waals surface area (Å²) < 4.78 is 27.8. The van der Waals surface area contributed by atoms with E-state index >= 15 is 0 Å². The van der Waals surface area contributed by atoms with Crippen molar-refractivity contribution in [3.8, 4) is 0 Å². The van der Waals surface area contributed by atoms with Gasteiger partial charge in [0.25, 0.3) is 5.91 Å². The first-order chi connectivity index (χ1) is 12.0. The lowest BCUT2D eigenvalue weighted by molar-refractivity contribution is 0.0951. The van der Waals surface area contributed by atoms with Crippen molar-refractivity contribution in [2.75, 3.05) is 19.6 Å². The molecule has 0 aromatic heterocycles. The Kier molecular flexibility index (Phi) is 6.09. The summed E-state index contributed by atoms with van der Waals surface area (Å²) >= 11 is 0. The number of carbonyl (C=O) groups is 1. The van der Waals surface area contributed by atoms with Crippen LogP contribution >= 0.6 is 0 Å². The van der Waals surface area contributed by atoms with Crippen molar-refractivity contribution in [3.05, 3.63) is 29.8 Å². The van der Waals surface area contributed by atoms with Gasteiger partial charge in [-0.1, -0.05) is 18.9 Å². The molecule has 2 fully saturated rings. The van der Waals surface area contributed by atoms with Crippen LogP contribution in [0.5, 0.6) is 0 Å². The fraction of sp³-hybridized carbons (Fsp3) is 0.611. The van der Waals surface area contributed by atoms with Gasteiger partial charge in [-0.25, -0.2) is 13.1 Å². The van der Waals surface area contributed by atoms with E-state index in [2.05, 4.69) is 15.4 Å². The molecule has 138 valence electrons. The summed E-state index contributed by atoms with van der Waals surface area (Å²) in [7, 11) is -3.57. The molecule has 1 saturated heterocycles. The van der Waals surface area contributed by atoms with Gasteiger partial charge in [0.15, 0.2) is 0 Å². The van der Waals surface area contributed by atoms with E-state index in [1.807, 2.05) is 0 Å². The SMILES string of the molecule is O=C(NCCC1CCNC1)c1cccc(S(=O)(=O)NC2CCCC2)c1. The van der Waals surface area contributed by atoms with Crippen molar-refractivity contribution in [1.82, 2.24) is 15.4 Å². The van der Waals surface area contributed by atoms with Gasteiger partial charge in [-0.05, 0) is 62.9 Å². The van der Waals surface area contributed by atoms with Crippen LogP contribution in [0.4, 0.5) is 0 Å². The molecule has 1 saturated carbocycles. The van der Waals surface area contributed by atoms with Crippen molar-refractivity contribution in [2.24, 2.45) is 5.92 Å². The fourth-order valence-corrected chi connectivity index (χ4v) is 4.94. The minimum atomic E-state index is -3.57. The second-order valence-electron chi connectivity index (χ2n) is 7.03. The van der Waals surface area contributed by atoms with Gasteiger partial charge in [0.2, 0.25) is 10.0 Å². The third-order valence-electron chi connectivity index (χ3n) is 5.08. The Labute approximate surface area is 149 Å². The maximum atomic E-state index is 12.5. The zero-order chi connectivity index (χ0) is 17.7. The van der Waals surface area contributed by atoms with Crippen LogP contribution in [-0.4, -0.2) is 40.0 Å². The molecule has 1 aromatic rings. The maximum absolute atomic E-state index is 12.5. The molecule has 7 heteroatoms. The predicted molar refractivity (Wildman–Crippen MR) is 96.9 cm³/mol. The Morgan fingerprint density at radius 2 is 2.00 bits per heavy atom. The van der Waals surface area contributed by atoms with Crippen molar-refractivity contribution in [1.29, 1.82) is 0 Å². The molecule has 1 aromatic carbocycles. The highest BCUT2D eigenvalue weighted by molar-refractivity contribution is 7.89. The third-order valence-corrected chi connectivity index (χ3v) is 6.60. The number of carbonyl (C=O) groups excluding carboxylic acids is 1. The summed E-state index contributed by atoms with van der Waals surface area (Å²) in [4.78, 5) is 12.5. The first-order valence-corrected chi connectivity index (χ1v) is 10.6. The Morgan fingerprint density at radius 3 is 2.72 bits per heavy atom. The highest BCUT2D eigenvalue weighted by Gasteiger charge is 2.23. The van der Waals surface area contributed by atoms with Crippen LogP contribution in [0.2, 0.25) is 0 Å². The third kappa shape index (κ3) is 5.03. The molecule has 1 heterocycles. The maximum Gasteiger partial charge on any atom is 0.251 e. The smallest absolute Gasteiger partial charge is 0.251 e. The number of rotatable bonds is 7. The van der Waals surface area contributed by atoms with Gasteiger partial charge in [-0.15, -0.1) is 0 Å². The fourth-order valence-electron chi connectivity index (χ4n) is 3.59. The number of hydrogen-bond donors (Lipinski definition) is 3. The van der Waals surface area contributed by atoms with E-state index in [4.69, 9.17) is 0 Å². The monoisotopic (exact) mass is 365 g/mol. The van der Waals surface area contributed by atoms with Crippen LogP contribution in [0.3, 0.4) is 0 Å². The molecular weight excluding hydrogens is 338 g/mol. The number of hydrogen-bond acceptors (Lipinski definition) is 4. The summed E-state index contributed by atoms with van der Waals surface area (Å²) in [6, 6.07) is 6.30. The lowest BCUT2D eigenvalue weighted by atomic mass is 10.1. The lowest BCUT2D eigenvalue weighted by Crippen LogP contribution is -2.33. The Balaban J connectivity index is 1.58. The van der Waals surface area contributed by atoms with Crippen LogP contribution in [0.15, 0.2) is 29.2 Å². The average Bonchev–Trinajstić information content (AvgIpc) is 3.28. The first kappa shape index (κ1) is 18.4. The van der Waals surface area contributed by atoms with Gasteiger partial charge in [0.1, 0.15) is 0 Å². The number of amides is 1. The lowest BCUT2D eigenvalue weighted by Gasteiger charge is -2.13. The second kappa shape index (κ2) is 8.29. The predicted octanol–water partition coefficient (Wildman–Crippen LogP) is 1.64. The van der Waals surface area contributed by atoms with Crippen molar-refractivity contribution >= 4 is 15.9 Å². The number of benzene rings is 1. The normalized spacial score (nSPS) is 21.5. The molecule has 1 amide bonds. The van der Waals surface area contributed by atoms with E-state index in [0.29, 0.717) is 18.0 Å². The zero-order valence-electron chi connectivity index (χ0n) is 14.5. The highest BCUT2D eigenvalue weighted by atomic mass is 32.2. The summed E-state index contributed by atoms with van der Waals surface area (Å²) in [6.07, 6.45) is 5.99. The quantitative estimate of drug-likeness (QED) is 0.685. The van der Waals surface area contributed by atoms with Gasteiger partial charge in [-0.2, -0.15) is 0 Å². The average molecular weight is 365 g/mol. The molecule has 2 aliphatic rings. The molecule has 3 rings (SSSR count). The largest absolute Gasteiger partial charge is 0.352 e. The van der Waals surface area contributed by atoms with Crippen LogP contribution in [0, 0.1) is 5.92 Å². The van der Waals surface area contributed by atoms with Crippen LogP contribution < -0.4 is 15.4 Å². The van der Waals surface area contributed by atoms with Gasteiger partial charge in [-0.3, -0.25) is 4.79 Å². The molecule has 1 aliphatic carbocycles. The summed E-state index contributed by atoms with van der Waals surface area (Å²) in [6.45, 7) is 2.67. The molecule has 1 unspecified atom stereocenters. The Bertz CT molecular complexity index is 693. The minimum absolute atomic E-state index is 0.0162. The van der Waals surface area contributed by atoms with E-state index in [1.165, 1.54) is 12.1 Å². The van der Waals surface area contributed by atoms with Crippen molar-refractivity contribution in [2.45, 2.75) is 49.5 Å². The topological polar surface area (TPSA) is 87.3 Å².